The highest BCUT2D eigenvalue weighted by molar-refractivity contribution is 7.89. The Morgan fingerprint density at radius 3 is 2.43 bits per heavy atom. The SMILES string of the molecule is COc1cccc(C2CN(S(=O)(=O)c3ccc(C)cc3)C(=O)Cc3ccccc32)c1. The van der Waals surface area contributed by atoms with Crippen LogP contribution in [0.15, 0.2) is 77.7 Å². The molecule has 4 rings (SSSR count). The molecule has 1 unspecified atom stereocenters. The summed E-state index contributed by atoms with van der Waals surface area (Å²) in [7, 11) is -2.38. The summed E-state index contributed by atoms with van der Waals surface area (Å²) in [5.74, 6) is -0.0232. The fourth-order valence-corrected chi connectivity index (χ4v) is 5.28. The number of fused-ring (bicyclic) bond motifs is 1. The highest BCUT2D eigenvalue weighted by Crippen LogP contribution is 2.35. The van der Waals surface area contributed by atoms with Gasteiger partial charge in [-0.1, -0.05) is 54.1 Å². The normalized spacial score (nSPS) is 16.7. The fourth-order valence-electron chi connectivity index (χ4n) is 3.87. The average Bonchev–Trinajstić information content (AvgIpc) is 2.90. The number of nitrogens with zero attached hydrogens (tertiary/aromatic N) is 1. The van der Waals surface area contributed by atoms with Crippen molar-refractivity contribution in [1.29, 1.82) is 0 Å². The van der Waals surface area contributed by atoms with Crippen molar-refractivity contribution in [2.24, 2.45) is 0 Å². The van der Waals surface area contributed by atoms with Crippen LogP contribution < -0.4 is 4.74 Å². The van der Waals surface area contributed by atoms with Crippen molar-refractivity contribution in [2.75, 3.05) is 13.7 Å². The summed E-state index contributed by atoms with van der Waals surface area (Å²) in [5, 5.41) is 0. The highest BCUT2D eigenvalue weighted by Gasteiger charge is 2.36. The Bertz CT molecular complexity index is 1190. The zero-order valence-corrected chi connectivity index (χ0v) is 17.7. The lowest BCUT2D eigenvalue weighted by Gasteiger charge is -2.25. The molecule has 5 nitrogen and oxygen atoms in total. The predicted molar refractivity (Wildman–Crippen MR) is 115 cm³/mol. The number of carbonyl (C=O) groups excluding carboxylic acids is 1. The number of rotatable bonds is 4. The van der Waals surface area contributed by atoms with E-state index in [-0.39, 0.29) is 23.8 Å². The van der Waals surface area contributed by atoms with E-state index in [4.69, 9.17) is 4.74 Å². The molecule has 1 amide bonds. The standard InChI is InChI=1S/C24H23NO4S/c1-17-10-12-21(13-11-17)30(27,28)25-16-23(18-7-5-8-20(14-18)29-2)22-9-4-3-6-19(22)15-24(25)26/h3-14,23H,15-16H2,1-2H3. The number of hydrogen-bond donors (Lipinski definition) is 0. The maximum atomic E-state index is 13.4. The molecule has 0 saturated heterocycles. The van der Waals surface area contributed by atoms with Gasteiger partial charge in [-0.2, -0.15) is 0 Å². The average molecular weight is 422 g/mol. The number of ether oxygens (including phenoxy) is 1. The van der Waals surface area contributed by atoms with Crippen molar-refractivity contribution in [2.45, 2.75) is 24.2 Å². The Balaban J connectivity index is 1.83. The van der Waals surface area contributed by atoms with Crippen LogP contribution in [0.3, 0.4) is 0 Å². The van der Waals surface area contributed by atoms with Crippen LogP contribution in [0.1, 0.15) is 28.2 Å². The van der Waals surface area contributed by atoms with E-state index in [9.17, 15) is 13.2 Å². The van der Waals surface area contributed by atoms with Crippen LogP contribution in [0.2, 0.25) is 0 Å². The Labute approximate surface area is 177 Å². The van der Waals surface area contributed by atoms with Gasteiger partial charge in [-0.05, 0) is 47.9 Å². The molecule has 0 spiro atoms. The molecule has 1 aliphatic heterocycles. The number of amides is 1. The number of methoxy groups -OCH3 is 1. The summed E-state index contributed by atoms with van der Waals surface area (Å²) < 4.78 is 33.2. The Morgan fingerprint density at radius 2 is 1.70 bits per heavy atom. The first-order valence-electron chi connectivity index (χ1n) is 9.74. The van der Waals surface area contributed by atoms with Gasteiger partial charge in [-0.15, -0.1) is 0 Å². The first-order valence-corrected chi connectivity index (χ1v) is 11.2. The van der Waals surface area contributed by atoms with Gasteiger partial charge in [0.1, 0.15) is 5.75 Å². The molecular weight excluding hydrogens is 398 g/mol. The van der Waals surface area contributed by atoms with Crippen molar-refractivity contribution in [3.8, 4) is 5.75 Å². The van der Waals surface area contributed by atoms with Crippen LogP contribution in [0.4, 0.5) is 0 Å². The van der Waals surface area contributed by atoms with Crippen molar-refractivity contribution < 1.29 is 17.9 Å². The third kappa shape index (κ3) is 3.71. The van der Waals surface area contributed by atoms with Gasteiger partial charge in [0.05, 0.1) is 18.4 Å². The molecule has 1 heterocycles. The molecule has 154 valence electrons. The molecule has 0 aromatic heterocycles. The minimum absolute atomic E-state index is 0.0409. The van der Waals surface area contributed by atoms with Crippen LogP contribution >= 0.6 is 0 Å². The van der Waals surface area contributed by atoms with Crippen molar-refractivity contribution in [3.63, 3.8) is 0 Å². The second-order valence-corrected chi connectivity index (χ2v) is 9.31. The summed E-state index contributed by atoms with van der Waals surface area (Å²) in [6.07, 6.45) is 0.0434. The molecule has 0 saturated carbocycles. The number of carbonyl (C=O) groups is 1. The second kappa shape index (κ2) is 7.95. The summed E-state index contributed by atoms with van der Waals surface area (Å²) in [4.78, 5) is 13.2. The van der Waals surface area contributed by atoms with Gasteiger partial charge < -0.3 is 4.74 Å². The summed E-state index contributed by atoms with van der Waals surface area (Å²) in [5.41, 5.74) is 3.66. The molecule has 6 heteroatoms. The molecule has 1 atom stereocenters. The Kier molecular flexibility index (Phi) is 5.35. The maximum absolute atomic E-state index is 13.4. The van der Waals surface area contributed by atoms with E-state index >= 15 is 0 Å². The highest BCUT2D eigenvalue weighted by atomic mass is 32.2. The van der Waals surface area contributed by atoms with Gasteiger partial charge in [0.2, 0.25) is 5.91 Å². The third-order valence-electron chi connectivity index (χ3n) is 5.50. The van der Waals surface area contributed by atoms with Gasteiger partial charge in [0.25, 0.3) is 10.0 Å². The van der Waals surface area contributed by atoms with E-state index in [2.05, 4.69) is 0 Å². The van der Waals surface area contributed by atoms with Crippen LogP contribution in [-0.2, 0) is 21.2 Å². The Morgan fingerprint density at radius 1 is 0.967 bits per heavy atom. The lowest BCUT2D eigenvalue weighted by atomic mass is 9.88. The Hall–Kier alpha value is -3.12. The first-order chi connectivity index (χ1) is 14.4. The van der Waals surface area contributed by atoms with Gasteiger partial charge in [0, 0.05) is 12.5 Å². The quantitative estimate of drug-likeness (QED) is 0.641. The van der Waals surface area contributed by atoms with E-state index in [1.807, 2.05) is 55.5 Å². The van der Waals surface area contributed by atoms with Crippen LogP contribution in [0.5, 0.6) is 5.75 Å². The molecule has 3 aromatic rings. The second-order valence-electron chi connectivity index (χ2n) is 7.45. The fraction of sp³-hybridized carbons (Fsp3) is 0.208. The molecule has 0 bridgehead atoms. The van der Waals surface area contributed by atoms with Gasteiger partial charge in [-0.3, -0.25) is 4.79 Å². The van der Waals surface area contributed by atoms with E-state index < -0.39 is 15.9 Å². The van der Waals surface area contributed by atoms with E-state index in [0.717, 1.165) is 26.6 Å². The number of hydrogen-bond acceptors (Lipinski definition) is 4. The number of aryl methyl sites for hydroxylation is 1. The van der Waals surface area contributed by atoms with Crippen LogP contribution in [-0.4, -0.2) is 32.3 Å². The van der Waals surface area contributed by atoms with Crippen molar-refractivity contribution in [1.82, 2.24) is 4.31 Å². The maximum Gasteiger partial charge on any atom is 0.266 e. The van der Waals surface area contributed by atoms with Gasteiger partial charge in [-0.25, -0.2) is 12.7 Å². The summed E-state index contributed by atoms with van der Waals surface area (Å²) >= 11 is 0. The van der Waals surface area contributed by atoms with Gasteiger partial charge in [0.15, 0.2) is 0 Å². The summed E-state index contributed by atoms with van der Waals surface area (Å²) in [6.45, 7) is 1.93. The van der Waals surface area contributed by atoms with Crippen molar-refractivity contribution >= 4 is 15.9 Å². The van der Waals surface area contributed by atoms with E-state index in [0.29, 0.717) is 5.75 Å². The molecule has 0 N–H and O–H groups in total. The minimum Gasteiger partial charge on any atom is -0.497 e. The van der Waals surface area contributed by atoms with Gasteiger partial charge >= 0.3 is 0 Å². The lowest BCUT2D eigenvalue weighted by molar-refractivity contribution is -0.125. The zero-order valence-electron chi connectivity index (χ0n) is 16.9. The number of benzene rings is 3. The zero-order chi connectivity index (χ0) is 21.3. The van der Waals surface area contributed by atoms with Crippen LogP contribution in [0.25, 0.3) is 0 Å². The smallest absolute Gasteiger partial charge is 0.266 e. The molecule has 30 heavy (non-hydrogen) atoms. The first kappa shape index (κ1) is 20.2. The van der Waals surface area contributed by atoms with E-state index in [1.54, 1.807) is 31.4 Å². The molecule has 0 radical (unpaired) electrons. The van der Waals surface area contributed by atoms with Crippen molar-refractivity contribution in [3.05, 3.63) is 95.1 Å². The number of sulfonamides is 1. The summed E-state index contributed by atoms with van der Waals surface area (Å²) in [6, 6.07) is 21.8. The predicted octanol–water partition coefficient (Wildman–Crippen LogP) is 3.91. The topological polar surface area (TPSA) is 63.7 Å². The van der Waals surface area contributed by atoms with Crippen LogP contribution in [0, 0.1) is 6.92 Å². The minimum atomic E-state index is -3.97. The van der Waals surface area contributed by atoms with E-state index in [1.165, 1.54) is 0 Å². The molecular formula is C24H23NO4S. The molecule has 1 aliphatic rings. The monoisotopic (exact) mass is 421 g/mol. The third-order valence-corrected chi connectivity index (χ3v) is 7.30. The lowest BCUT2D eigenvalue weighted by Crippen LogP contribution is -2.39. The molecule has 0 fully saturated rings. The molecule has 0 aliphatic carbocycles. The largest absolute Gasteiger partial charge is 0.497 e. The molecule has 3 aromatic carbocycles.